The van der Waals surface area contributed by atoms with E-state index in [-0.39, 0.29) is 17.9 Å². The van der Waals surface area contributed by atoms with Gasteiger partial charge in [-0.1, -0.05) is 18.2 Å². The van der Waals surface area contributed by atoms with Gasteiger partial charge in [0.25, 0.3) is 11.8 Å². The summed E-state index contributed by atoms with van der Waals surface area (Å²) in [4.78, 5) is 27.1. The van der Waals surface area contributed by atoms with E-state index in [0.29, 0.717) is 48.9 Å². The fraction of sp³-hybridized carbons (Fsp3) is 0.333. The number of carbonyl (C=O) groups is 2. The number of rotatable bonds is 5. The third kappa shape index (κ3) is 4.86. The van der Waals surface area contributed by atoms with E-state index in [0.717, 1.165) is 0 Å². The molecule has 0 unspecified atom stereocenters. The lowest BCUT2D eigenvalue weighted by Gasteiger charge is -2.27. The highest BCUT2D eigenvalue weighted by molar-refractivity contribution is 6.06. The van der Waals surface area contributed by atoms with E-state index in [2.05, 4.69) is 5.32 Å². The summed E-state index contributed by atoms with van der Waals surface area (Å²) in [7, 11) is 0. The van der Waals surface area contributed by atoms with Crippen LogP contribution in [-0.2, 0) is 4.74 Å². The molecule has 2 aromatic carbocycles. The first-order valence-corrected chi connectivity index (χ1v) is 9.08. The summed E-state index contributed by atoms with van der Waals surface area (Å²) in [6.07, 6.45) is -0.00229. The number of morpholine rings is 1. The van der Waals surface area contributed by atoms with E-state index in [1.54, 1.807) is 35.2 Å². The summed E-state index contributed by atoms with van der Waals surface area (Å²) in [6, 6.07) is 14.1. The molecule has 2 amide bonds. The van der Waals surface area contributed by atoms with E-state index >= 15 is 0 Å². The Morgan fingerprint density at radius 3 is 2.48 bits per heavy atom. The Morgan fingerprint density at radius 1 is 1.04 bits per heavy atom. The summed E-state index contributed by atoms with van der Waals surface area (Å²) in [5.74, 6) is 0.240. The van der Waals surface area contributed by atoms with Gasteiger partial charge in [0.05, 0.1) is 25.0 Å². The van der Waals surface area contributed by atoms with Crippen molar-refractivity contribution in [1.29, 1.82) is 0 Å². The molecule has 0 aliphatic carbocycles. The summed E-state index contributed by atoms with van der Waals surface area (Å²) < 4.78 is 11.0. The molecule has 0 spiro atoms. The lowest BCUT2D eigenvalue weighted by molar-refractivity contribution is 0.0303. The Hall–Kier alpha value is -2.86. The third-order valence-electron chi connectivity index (χ3n) is 4.17. The Bertz CT molecular complexity index is 813. The maximum Gasteiger partial charge on any atom is 0.255 e. The Morgan fingerprint density at radius 2 is 1.74 bits per heavy atom. The van der Waals surface area contributed by atoms with E-state index in [1.807, 2.05) is 32.0 Å². The van der Waals surface area contributed by atoms with Gasteiger partial charge in [0, 0.05) is 24.2 Å². The van der Waals surface area contributed by atoms with Crippen molar-refractivity contribution in [2.75, 3.05) is 31.6 Å². The third-order valence-corrected chi connectivity index (χ3v) is 4.17. The number of ether oxygens (including phenoxy) is 2. The lowest BCUT2D eigenvalue weighted by Crippen LogP contribution is -2.40. The van der Waals surface area contributed by atoms with Gasteiger partial charge < -0.3 is 19.7 Å². The molecule has 6 heteroatoms. The average Bonchev–Trinajstić information content (AvgIpc) is 2.69. The van der Waals surface area contributed by atoms with Gasteiger partial charge in [-0.3, -0.25) is 9.59 Å². The van der Waals surface area contributed by atoms with Crippen LogP contribution < -0.4 is 10.1 Å². The van der Waals surface area contributed by atoms with Crippen LogP contribution in [0.3, 0.4) is 0 Å². The van der Waals surface area contributed by atoms with Crippen LogP contribution in [-0.4, -0.2) is 49.1 Å². The standard InChI is InChI=1S/C21H24N2O4/c1-15(2)27-19-9-4-3-8-18(19)22-20(24)16-6-5-7-17(14-16)21(25)23-10-12-26-13-11-23/h3-9,14-15H,10-13H2,1-2H3,(H,22,24). The number of nitrogens with zero attached hydrogens (tertiary/aromatic N) is 1. The minimum atomic E-state index is -0.286. The fourth-order valence-electron chi connectivity index (χ4n) is 2.86. The zero-order valence-corrected chi connectivity index (χ0v) is 15.6. The van der Waals surface area contributed by atoms with Gasteiger partial charge in [0.1, 0.15) is 5.75 Å². The molecule has 27 heavy (non-hydrogen) atoms. The number of anilines is 1. The number of para-hydroxylation sites is 2. The summed E-state index contributed by atoms with van der Waals surface area (Å²) >= 11 is 0. The maximum absolute atomic E-state index is 12.7. The minimum Gasteiger partial charge on any atom is -0.489 e. The number of carbonyl (C=O) groups excluding carboxylic acids is 2. The highest BCUT2D eigenvalue weighted by Gasteiger charge is 2.19. The quantitative estimate of drug-likeness (QED) is 0.880. The van der Waals surface area contributed by atoms with Gasteiger partial charge in [-0.05, 0) is 44.2 Å². The van der Waals surface area contributed by atoms with Gasteiger partial charge in [0.15, 0.2) is 0 Å². The molecule has 142 valence electrons. The minimum absolute atomic E-state index is 0.00229. The molecule has 6 nitrogen and oxygen atoms in total. The molecule has 2 aromatic rings. The van der Waals surface area contributed by atoms with Crippen LogP contribution in [0, 0.1) is 0 Å². The Balaban J connectivity index is 1.75. The number of nitrogens with one attached hydrogen (secondary N) is 1. The molecule has 0 radical (unpaired) electrons. The zero-order chi connectivity index (χ0) is 19.2. The predicted octanol–water partition coefficient (Wildman–Crippen LogP) is 3.20. The van der Waals surface area contributed by atoms with Crippen molar-refractivity contribution in [3.05, 3.63) is 59.7 Å². The van der Waals surface area contributed by atoms with E-state index < -0.39 is 0 Å². The van der Waals surface area contributed by atoms with Crippen LogP contribution in [0.25, 0.3) is 0 Å². The van der Waals surface area contributed by atoms with Crippen molar-refractivity contribution in [3.8, 4) is 5.75 Å². The topological polar surface area (TPSA) is 67.9 Å². The van der Waals surface area contributed by atoms with Crippen LogP contribution >= 0.6 is 0 Å². The monoisotopic (exact) mass is 368 g/mol. The van der Waals surface area contributed by atoms with Crippen molar-refractivity contribution in [2.45, 2.75) is 20.0 Å². The van der Waals surface area contributed by atoms with Gasteiger partial charge in [-0.25, -0.2) is 0 Å². The zero-order valence-electron chi connectivity index (χ0n) is 15.6. The van der Waals surface area contributed by atoms with Crippen molar-refractivity contribution in [3.63, 3.8) is 0 Å². The van der Waals surface area contributed by atoms with Gasteiger partial charge in [-0.15, -0.1) is 0 Å². The second-order valence-corrected chi connectivity index (χ2v) is 6.60. The number of benzene rings is 2. The summed E-state index contributed by atoms with van der Waals surface area (Å²) in [5, 5.41) is 2.87. The molecule has 1 aliphatic rings. The molecule has 1 N–H and O–H groups in total. The van der Waals surface area contributed by atoms with Crippen LogP contribution in [0.1, 0.15) is 34.6 Å². The highest BCUT2D eigenvalue weighted by Crippen LogP contribution is 2.25. The highest BCUT2D eigenvalue weighted by atomic mass is 16.5. The molecule has 1 heterocycles. The van der Waals surface area contributed by atoms with Crippen molar-refractivity contribution >= 4 is 17.5 Å². The summed E-state index contributed by atoms with van der Waals surface area (Å²) in [5.41, 5.74) is 1.52. The molecule has 3 rings (SSSR count). The predicted molar refractivity (Wildman–Crippen MR) is 103 cm³/mol. The largest absolute Gasteiger partial charge is 0.489 e. The molecule has 1 fully saturated rings. The van der Waals surface area contributed by atoms with E-state index in [1.165, 1.54) is 0 Å². The molecular weight excluding hydrogens is 344 g/mol. The van der Waals surface area contributed by atoms with Crippen molar-refractivity contribution in [2.24, 2.45) is 0 Å². The number of hydrogen-bond donors (Lipinski definition) is 1. The first-order valence-electron chi connectivity index (χ1n) is 9.08. The maximum atomic E-state index is 12.7. The molecular formula is C21H24N2O4. The van der Waals surface area contributed by atoms with Gasteiger partial charge >= 0.3 is 0 Å². The normalized spacial score (nSPS) is 14.1. The number of hydrogen-bond acceptors (Lipinski definition) is 4. The van der Waals surface area contributed by atoms with E-state index in [9.17, 15) is 9.59 Å². The fourth-order valence-corrected chi connectivity index (χ4v) is 2.86. The second-order valence-electron chi connectivity index (χ2n) is 6.60. The molecule has 0 saturated carbocycles. The molecule has 1 aliphatic heterocycles. The van der Waals surface area contributed by atoms with Crippen LogP contribution in [0.4, 0.5) is 5.69 Å². The summed E-state index contributed by atoms with van der Waals surface area (Å²) in [6.45, 7) is 6.07. The Kier molecular flexibility index (Phi) is 6.08. The van der Waals surface area contributed by atoms with Crippen LogP contribution in [0.5, 0.6) is 5.75 Å². The molecule has 1 saturated heterocycles. The Labute approximate surface area is 159 Å². The SMILES string of the molecule is CC(C)Oc1ccccc1NC(=O)c1cccc(C(=O)N2CCOCC2)c1. The van der Waals surface area contributed by atoms with E-state index in [4.69, 9.17) is 9.47 Å². The molecule has 0 bridgehead atoms. The van der Waals surface area contributed by atoms with Gasteiger partial charge in [-0.2, -0.15) is 0 Å². The van der Waals surface area contributed by atoms with Crippen molar-refractivity contribution < 1.29 is 19.1 Å². The second kappa shape index (κ2) is 8.68. The van der Waals surface area contributed by atoms with Crippen molar-refractivity contribution in [1.82, 2.24) is 4.90 Å². The van der Waals surface area contributed by atoms with Gasteiger partial charge in [0.2, 0.25) is 0 Å². The first kappa shape index (κ1) is 18.9. The number of amides is 2. The van der Waals surface area contributed by atoms with Crippen LogP contribution in [0.2, 0.25) is 0 Å². The lowest BCUT2D eigenvalue weighted by atomic mass is 10.1. The van der Waals surface area contributed by atoms with Crippen LogP contribution in [0.15, 0.2) is 48.5 Å². The average molecular weight is 368 g/mol. The smallest absolute Gasteiger partial charge is 0.255 e. The molecule has 0 atom stereocenters. The molecule has 0 aromatic heterocycles. The first-order chi connectivity index (χ1) is 13.0.